The van der Waals surface area contributed by atoms with Gasteiger partial charge in [0.2, 0.25) is 0 Å². The second kappa shape index (κ2) is 3.07. The first-order valence-electron chi connectivity index (χ1n) is 1.68. The van der Waals surface area contributed by atoms with Crippen LogP contribution < -0.4 is 0 Å². The first kappa shape index (κ1) is 7.01. The summed E-state index contributed by atoms with van der Waals surface area (Å²) in [7, 11) is 2.51. The minimum Gasteiger partial charge on any atom is -0.132 e. The predicted molar refractivity (Wildman–Crippen MR) is 34.7 cm³/mol. The quantitative estimate of drug-likeness (QED) is 0.391. The van der Waals surface area contributed by atoms with E-state index >= 15 is 0 Å². The van der Waals surface area contributed by atoms with Crippen molar-refractivity contribution in [2.75, 3.05) is 0 Å². The maximum Gasteiger partial charge on any atom is 0.113 e. The molecule has 0 bridgehead atoms. The van der Waals surface area contributed by atoms with E-state index in [1.165, 1.54) is 0 Å². The maximum atomic E-state index is 5.36. The molecule has 0 radical (unpaired) electrons. The molecule has 2 atom stereocenters. The molecule has 0 aliphatic rings. The van der Waals surface area contributed by atoms with E-state index in [2.05, 4.69) is 9.24 Å². The molecule has 38 valence electrons. The third-order valence-corrected chi connectivity index (χ3v) is 2.07. The highest BCUT2D eigenvalue weighted by atomic mass is 35.5. The second-order valence-corrected chi connectivity index (χ2v) is 3.41. The fraction of sp³-hybridized carbons (Fsp3) is 1.00. The topological polar surface area (TPSA) is 0 Å². The van der Waals surface area contributed by atoms with Gasteiger partial charge < -0.3 is 0 Å². The summed E-state index contributed by atoms with van der Waals surface area (Å²) >= 11 is 10.7. The zero-order valence-electron chi connectivity index (χ0n) is 3.49. The Morgan fingerprint density at radius 1 is 1.50 bits per heavy atom. The van der Waals surface area contributed by atoms with Crippen molar-refractivity contribution in [2.45, 2.75) is 17.4 Å². The number of alkyl halides is 2. The van der Waals surface area contributed by atoms with E-state index in [1.807, 2.05) is 6.92 Å². The van der Waals surface area contributed by atoms with Crippen LogP contribution in [0.4, 0.5) is 0 Å². The van der Waals surface area contributed by atoms with E-state index in [0.29, 0.717) is 5.66 Å². The van der Waals surface area contributed by atoms with E-state index in [1.54, 1.807) is 0 Å². The number of hydrogen-bond donors (Lipinski definition) is 0. The highest BCUT2D eigenvalue weighted by Gasteiger charge is 2.01. The van der Waals surface area contributed by atoms with Gasteiger partial charge in [0, 0.05) is 5.66 Å². The van der Waals surface area contributed by atoms with E-state index in [0.717, 1.165) is 0 Å². The molecule has 0 fully saturated rings. The van der Waals surface area contributed by atoms with E-state index in [4.69, 9.17) is 23.2 Å². The van der Waals surface area contributed by atoms with Crippen LogP contribution in [0.25, 0.3) is 0 Å². The lowest BCUT2D eigenvalue weighted by Gasteiger charge is -2.00. The van der Waals surface area contributed by atoms with Crippen LogP contribution in [0, 0.1) is 0 Å². The van der Waals surface area contributed by atoms with Crippen molar-refractivity contribution in [3.05, 3.63) is 0 Å². The van der Waals surface area contributed by atoms with Crippen molar-refractivity contribution in [3.8, 4) is 0 Å². The van der Waals surface area contributed by atoms with Gasteiger partial charge >= 0.3 is 0 Å². The lowest BCUT2D eigenvalue weighted by atomic mass is 10.6. The predicted octanol–water partition coefficient (Wildman–Crippen LogP) is 2.05. The molecule has 0 saturated heterocycles. The molecule has 0 amide bonds. The fourth-order valence-electron chi connectivity index (χ4n) is 0. The molecule has 0 nitrogen and oxygen atoms in total. The molecule has 0 aromatic heterocycles. The summed E-state index contributed by atoms with van der Waals surface area (Å²) in [6, 6.07) is 0. The lowest BCUT2D eigenvalue weighted by molar-refractivity contribution is 1.07. The SMILES string of the molecule is CC(P)C(Cl)Cl. The second-order valence-electron chi connectivity index (χ2n) is 1.19. The molecular formula is C3H7Cl2P. The minimum atomic E-state index is -0.241. The van der Waals surface area contributed by atoms with Gasteiger partial charge in [0.05, 0.1) is 0 Å². The zero-order valence-corrected chi connectivity index (χ0v) is 6.15. The Morgan fingerprint density at radius 2 is 1.67 bits per heavy atom. The van der Waals surface area contributed by atoms with Gasteiger partial charge in [0.1, 0.15) is 4.84 Å². The van der Waals surface area contributed by atoms with Crippen LogP contribution in [-0.4, -0.2) is 10.5 Å². The third kappa shape index (κ3) is 3.21. The van der Waals surface area contributed by atoms with Gasteiger partial charge in [-0.15, -0.1) is 32.4 Å². The van der Waals surface area contributed by atoms with E-state index in [-0.39, 0.29) is 4.84 Å². The van der Waals surface area contributed by atoms with Crippen LogP contribution in [-0.2, 0) is 0 Å². The van der Waals surface area contributed by atoms with E-state index < -0.39 is 0 Å². The normalized spacial score (nSPS) is 15.5. The molecule has 0 spiro atoms. The molecule has 0 aliphatic carbocycles. The summed E-state index contributed by atoms with van der Waals surface area (Å²) in [6.45, 7) is 1.94. The molecule has 6 heavy (non-hydrogen) atoms. The van der Waals surface area contributed by atoms with Gasteiger partial charge in [0.15, 0.2) is 0 Å². The van der Waals surface area contributed by atoms with Crippen molar-refractivity contribution in [2.24, 2.45) is 0 Å². The Hall–Kier alpha value is 1.01. The first-order valence-corrected chi connectivity index (χ1v) is 3.22. The van der Waals surface area contributed by atoms with Crippen LogP contribution >= 0.6 is 32.4 Å². The molecule has 0 saturated carbocycles. The van der Waals surface area contributed by atoms with Crippen LogP contribution in [0.15, 0.2) is 0 Å². The first-order chi connectivity index (χ1) is 2.64. The Kier molecular flexibility index (Phi) is 3.59. The molecule has 0 N–H and O–H groups in total. The summed E-state index contributed by atoms with van der Waals surface area (Å²) in [5, 5.41) is 0. The van der Waals surface area contributed by atoms with Gasteiger partial charge in [0.25, 0.3) is 0 Å². The van der Waals surface area contributed by atoms with Crippen molar-refractivity contribution in [1.82, 2.24) is 0 Å². The average Bonchev–Trinajstić information content (AvgIpc) is 1.36. The average molecular weight is 145 g/mol. The van der Waals surface area contributed by atoms with E-state index in [9.17, 15) is 0 Å². The zero-order chi connectivity index (χ0) is 5.15. The van der Waals surface area contributed by atoms with Gasteiger partial charge in [-0.3, -0.25) is 0 Å². The largest absolute Gasteiger partial charge is 0.132 e. The monoisotopic (exact) mass is 144 g/mol. The summed E-state index contributed by atoms with van der Waals surface area (Å²) in [4.78, 5) is -0.241. The number of halogens is 2. The van der Waals surface area contributed by atoms with Crippen molar-refractivity contribution >= 4 is 32.4 Å². The molecule has 0 aliphatic heterocycles. The summed E-state index contributed by atoms with van der Waals surface area (Å²) in [5.74, 6) is 0. The molecule has 3 heteroatoms. The van der Waals surface area contributed by atoms with Crippen molar-refractivity contribution in [1.29, 1.82) is 0 Å². The smallest absolute Gasteiger partial charge is 0.113 e. The van der Waals surface area contributed by atoms with Gasteiger partial charge in [-0.05, 0) is 0 Å². The highest BCUT2D eigenvalue weighted by Crippen LogP contribution is 2.14. The minimum absolute atomic E-state index is 0.241. The Bertz CT molecular complexity index is 29.8. The molecule has 0 heterocycles. The molecule has 2 unspecified atom stereocenters. The van der Waals surface area contributed by atoms with Gasteiger partial charge in [-0.25, -0.2) is 0 Å². The summed E-state index contributed by atoms with van der Waals surface area (Å²) < 4.78 is 0. The fourth-order valence-corrected chi connectivity index (χ4v) is 0. The van der Waals surface area contributed by atoms with Crippen LogP contribution in [0.5, 0.6) is 0 Å². The number of hydrogen-bond acceptors (Lipinski definition) is 0. The van der Waals surface area contributed by atoms with Crippen LogP contribution in [0.2, 0.25) is 0 Å². The Balaban J connectivity index is 2.99. The van der Waals surface area contributed by atoms with Gasteiger partial charge in [-0.2, -0.15) is 0 Å². The van der Waals surface area contributed by atoms with Crippen molar-refractivity contribution < 1.29 is 0 Å². The number of rotatable bonds is 1. The summed E-state index contributed by atoms with van der Waals surface area (Å²) in [6.07, 6.45) is 0. The standard InChI is InChI=1S/C3H7Cl2P/c1-2(6)3(4)5/h2-3H,6H2,1H3. The summed E-state index contributed by atoms with van der Waals surface area (Å²) in [5.41, 5.74) is 0.299. The lowest BCUT2D eigenvalue weighted by Crippen LogP contribution is -1.99. The van der Waals surface area contributed by atoms with Crippen LogP contribution in [0.3, 0.4) is 0 Å². The molecule has 0 aromatic rings. The Labute approximate surface area is 50.4 Å². The van der Waals surface area contributed by atoms with Gasteiger partial charge in [-0.1, -0.05) is 6.92 Å². The molecule has 0 rings (SSSR count). The van der Waals surface area contributed by atoms with Crippen molar-refractivity contribution in [3.63, 3.8) is 0 Å². The maximum absolute atomic E-state index is 5.36. The highest BCUT2D eigenvalue weighted by molar-refractivity contribution is 7.18. The third-order valence-electron chi connectivity index (χ3n) is 0.397. The Morgan fingerprint density at radius 3 is 1.67 bits per heavy atom. The van der Waals surface area contributed by atoms with Crippen LogP contribution in [0.1, 0.15) is 6.92 Å². The molecular weight excluding hydrogens is 138 g/mol. The molecule has 0 aromatic carbocycles.